The van der Waals surface area contributed by atoms with Crippen molar-refractivity contribution in [2.24, 2.45) is 0 Å². The monoisotopic (exact) mass is 351 g/mol. The molecule has 1 aromatic heterocycles. The highest BCUT2D eigenvalue weighted by Crippen LogP contribution is 2.23. The van der Waals surface area contributed by atoms with E-state index in [9.17, 15) is 4.79 Å². The number of likely N-dealkylation sites (N-methyl/N-ethyl adjacent to an activating group) is 1. The molecule has 0 N–H and O–H groups in total. The summed E-state index contributed by atoms with van der Waals surface area (Å²) >= 11 is 0. The van der Waals surface area contributed by atoms with Crippen LogP contribution >= 0.6 is 0 Å². The van der Waals surface area contributed by atoms with Crippen molar-refractivity contribution in [2.45, 2.75) is 20.8 Å². The number of aromatic nitrogens is 2. The van der Waals surface area contributed by atoms with E-state index >= 15 is 0 Å². The van der Waals surface area contributed by atoms with Crippen LogP contribution in [0.3, 0.4) is 0 Å². The first-order valence-electron chi connectivity index (χ1n) is 9.08. The Bertz CT molecular complexity index is 945. The molecule has 2 aromatic carbocycles. The van der Waals surface area contributed by atoms with Gasteiger partial charge in [0.05, 0.1) is 16.6 Å². The third kappa shape index (κ3) is 3.63. The van der Waals surface area contributed by atoms with Gasteiger partial charge in [0.25, 0.3) is 5.56 Å². The molecular formula is C21H25N3O2. The van der Waals surface area contributed by atoms with Gasteiger partial charge in [-0.2, -0.15) is 0 Å². The zero-order chi connectivity index (χ0) is 18.5. The lowest BCUT2D eigenvalue weighted by Crippen LogP contribution is -2.28. The number of para-hydroxylation sites is 3. The van der Waals surface area contributed by atoms with Crippen LogP contribution in [0.1, 0.15) is 19.7 Å². The molecule has 5 nitrogen and oxygen atoms in total. The molecule has 0 aliphatic heterocycles. The van der Waals surface area contributed by atoms with Crippen LogP contribution in [-0.2, 0) is 0 Å². The van der Waals surface area contributed by atoms with Crippen molar-refractivity contribution < 1.29 is 4.74 Å². The van der Waals surface area contributed by atoms with Gasteiger partial charge in [-0.1, -0.05) is 38.1 Å². The van der Waals surface area contributed by atoms with Gasteiger partial charge in [0.1, 0.15) is 18.2 Å². The molecule has 0 atom stereocenters. The van der Waals surface area contributed by atoms with Crippen LogP contribution in [0.5, 0.6) is 5.75 Å². The number of aryl methyl sites for hydroxylation is 1. The number of rotatable bonds is 7. The summed E-state index contributed by atoms with van der Waals surface area (Å²) in [5.41, 5.74) is 1.37. The number of nitrogens with zero attached hydrogens (tertiary/aromatic N) is 3. The van der Waals surface area contributed by atoms with Crippen molar-refractivity contribution in [3.05, 3.63) is 64.7 Å². The minimum absolute atomic E-state index is 0.0760. The van der Waals surface area contributed by atoms with Crippen molar-refractivity contribution in [1.82, 2.24) is 14.5 Å². The molecule has 3 aromatic rings. The molecule has 136 valence electrons. The Balaban J connectivity index is 1.98. The lowest BCUT2D eigenvalue weighted by molar-refractivity contribution is 0.222. The molecule has 5 heteroatoms. The Morgan fingerprint density at radius 1 is 1.04 bits per heavy atom. The van der Waals surface area contributed by atoms with Crippen LogP contribution in [-0.4, -0.2) is 40.7 Å². The minimum atomic E-state index is -0.0760. The molecular weight excluding hydrogens is 326 g/mol. The average Bonchev–Trinajstić information content (AvgIpc) is 2.66. The molecule has 0 spiro atoms. The van der Waals surface area contributed by atoms with Crippen LogP contribution in [0.4, 0.5) is 0 Å². The lowest BCUT2D eigenvalue weighted by Gasteiger charge is -2.19. The molecule has 0 unspecified atom stereocenters. The van der Waals surface area contributed by atoms with Gasteiger partial charge in [0, 0.05) is 6.54 Å². The van der Waals surface area contributed by atoms with E-state index in [0.29, 0.717) is 29.1 Å². The first-order chi connectivity index (χ1) is 12.7. The number of hydrogen-bond acceptors (Lipinski definition) is 4. The summed E-state index contributed by atoms with van der Waals surface area (Å²) in [5.74, 6) is 1.34. The SMILES string of the molecule is CCN(CC)CCOc1ccccc1-n1c(C)nc2ccccc2c1=O. The van der Waals surface area contributed by atoms with Gasteiger partial charge in [-0.25, -0.2) is 4.98 Å². The topological polar surface area (TPSA) is 47.4 Å². The zero-order valence-electron chi connectivity index (χ0n) is 15.6. The van der Waals surface area contributed by atoms with Gasteiger partial charge in [0.15, 0.2) is 0 Å². The fraction of sp³-hybridized carbons (Fsp3) is 0.333. The summed E-state index contributed by atoms with van der Waals surface area (Å²) in [4.78, 5) is 19.9. The maximum Gasteiger partial charge on any atom is 0.266 e. The summed E-state index contributed by atoms with van der Waals surface area (Å²) < 4.78 is 7.65. The Labute approximate surface area is 153 Å². The van der Waals surface area contributed by atoms with Crippen LogP contribution in [0, 0.1) is 6.92 Å². The smallest absolute Gasteiger partial charge is 0.266 e. The first-order valence-corrected chi connectivity index (χ1v) is 9.08. The fourth-order valence-corrected chi connectivity index (χ4v) is 3.12. The largest absolute Gasteiger partial charge is 0.490 e. The van der Waals surface area contributed by atoms with Gasteiger partial charge in [-0.15, -0.1) is 0 Å². The second-order valence-corrected chi connectivity index (χ2v) is 6.16. The molecule has 0 radical (unpaired) electrons. The highest BCUT2D eigenvalue weighted by molar-refractivity contribution is 5.78. The van der Waals surface area contributed by atoms with E-state index in [-0.39, 0.29) is 5.56 Å². The van der Waals surface area contributed by atoms with E-state index < -0.39 is 0 Å². The second-order valence-electron chi connectivity index (χ2n) is 6.16. The highest BCUT2D eigenvalue weighted by Gasteiger charge is 2.13. The van der Waals surface area contributed by atoms with E-state index in [1.54, 1.807) is 4.57 Å². The van der Waals surface area contributed by atoms with Gasteiger partial charge >= 0.3 is 0 Å². The minimum Gasteiger partial charge on any atom is -0.490 e. The predicted molar refractivity (Wildman–Crippen MR) is 105 cm³/mol. The summed E-state index contributed by atoms with van der Waals surface area (Å²) in [6.07, 6.45) is 0. The highest BCUT2D eigenvalue weighted by atomic mass is 16.5. The molecule has 26 heavy (non-hydrogen) atoms. The van der Waals surface area contributed by atoms with Crippen molar-refractivity contribution in [3.8, 4) is 11.4 Å². The number of ether oxygens (including phenoxy) is 1. The van der Waals surface area contributed by atoms with Crippen LogP contribution in [0.15, 0.2) is 53.3 Å². The lowest BCUT2D eigenvalue weighted by atomic mass is 10.2. The fourth-order valence-electron chi connectivity index (χ4n) is 3.12. The maximum atomic E-state index is 13.0. The Morgan fingerprint density at radius 3 is 2.50 bits per heavy atom. The molecule has 0 fully saturated rings. The van der Waals surface area contributed by atoms with Crippen molar-refractivity contribution in [2.75, 3.05) is 26.2 Å². The van der Waals surface area contributed by atoms with Crippen molar-refractivity contribution in [1.29, 1.82) is 0 Å². The van der Waals surface area contributed by atoms with E-state index in [2.05, 4.69) is 23.7 Å². The Hall–Kier alpha value is -2.66. The maximum absolute atomic E-state index is 13.0. The Morgan fingerprint density at radius 2 is 1.73 bits per heavy atom. The molecule has 0 aliphatic carbocycles. The molecule has 0 saturated carbocycles. The third-order valence-corrected chi connectivity index (χ3v) is 4.61. The van der Waals surface area contributed by atoms with Gasteiger partial charge in [-0.05, 0) is 44.3 Å². The standard InChI is InChI=1S/C21H25N3O2/c1-4-23(5-2)14-15-26-20-13-9-8-12-19(20)24-16(3)22-18-11-7-6-10-17(18)21(24)25/h6-13H,4-5,14-15H2,1-3H3. The second kappa shape index (κ2) is 8.15. The molecule has 0 aliphatic rings. The van der Waals surface area contributed by atoms with E-state index in [1.807, 2.05) is 55.5 Å². The molecule has 0 bridgehead atoms. The number of hydrogen-bond donors (Lipinski definition) is 0. The molecule has 0 saturated heterocycles. The quantitative estimate of drug-likeness (QED) is 0.654. The summed E-state index contributed by atoms with van der Waals surface area (Å²) in [6.45, 7) is 9.55. The summed E-state index contributed by atoms with van der Waals surface area (Å²) in [7, 11) is 0. The summed E-state index contributed by atoms with van der Waals surface area (Å²) in [5, 5.41) is 0.607. The van der Waals surface area contributed by atoms with Gasteiger partial charge in [0.2, 0.25) is 0 Å². The van der Waals surface area contributed by atoms with Crippen molar-refractivity contribution in [3.63, 3.8) is 0 Å². The number of benzene rings is 2. The summed E-state index contributed by atoms with van der Waals surface area (Å²) in [6, 6.07) is 15.1. The zero-order valence-corrected chi connectivity index (χ0v) is 15.6. The van der Waals surface area contributed by atoms with Gasteiger partial charge < -0.3 is 9.64 Å². The average molecular weight is 351 g/mol. The predicted octanol–water partition coefficient (Wildman–Crippen LogP) is 3.41. The van der Waals surface area contributed by atoms with E-state index in [4.69, 9.17) is 4.74 Å². The van der Waals surface area contributed by atoms with Crippen LogP contribution in [0.2, 0.25) is 0 Å². The molecule has 0 amide bonds. The van der Waals surface area contributed by atoms with Crippen LogP contribution in [0.25, 0.3) is 16.6 Å². The normalized spacial score (nSPS) is 11.2. The Kier molecular flexibility index (Phi) is 5.68. The van der Waals surface area contributed by atoms with E-state index in [1.165, 1.54) is 0 Å². The molecule has 3 rings (SSSR count). The van der Waals surface area contributed by atoms with Crippen molar-refractivity contribution >= 4 is 10.9 Å². The third-order valence-electron chi connectivity index (χ3n) is 4.61. The van der Waals surface area contributed by atoms with Gasteiger partial charge in [-0.3, -0.25) is 9.36 Å². The van der Waals surface area contributed by atoms with E-state index in [0.717, 1.165) is 25.3 Å². The van der Waals surface area contributed by atoms with Crippen LogP contribution < -0.4 is 10.3 Å². The number of fused-ring (bicyclic) bond motifs is 1. The molecule has 1 heterocycles. The first kappa shape index (κ1) is 18.1.